The molecule has 0 aliphatic carbocycles. The van der Waals surface area contributed by atoms with E-state index in [9.17, 15) is 24.0 Å². The topological polar surface area (TPSA) is 131 Å². The first-order valence-electron chi connectivity index (χ1n) is 10.8. The normalized spacial score (nSPS) is 15.0. The van der Waals surface area contributed by atoms with Crippen molar-refractivity contribution in [2.75, 3.05) is 18.1 Å². The Morgan fingerprint density at radius 1 is 1.00 bits per heavy atom. The second kappa shape index (κ2) is 11.6. The average molecular weight is 546 g/mol. The summed E-state index contributed by atoms with van der Waals surface area (Å²) in [4.78, 5) is 62.1. The number of hydrazine groups is 1. The van der Waals surface area contributed by atoms with Crippen LogP contribution in [0.2, 0.25) is 0 Å². The van der Waals surface area contributed by atoms with Gasteiger partial charge in [-0.3, -0.25) is 30.0 Å². The SMILES string of the molecule is CC(C)OC(=O)c1ccc(N2C[C@@H](C(=O)OCC(=O)NNC(=O)c3ccc(Br)cc3)CC2=O)cc1. The maximum atomic E-state index is 12.4. The number of hydrogen-bond donors (Lipinski definition) is 2. The summed E-state index contributed by atoms with van der Waals surface area (Å²) in [5.41, 5.74) is 5.61. The van der Waals surface area contributed by atoms with E-state index in [1.165, 1.54) is 4.90 Å². The van der Waals surface area contributed by atoms with Crippen LogP contribution in [0.3, 0.4) is 0 Å². The predicted octanol–water partition coefficient (Wildman–Crippen LogP) is 2.37. The number of ether oxygens (including phenoxy) is 2. The summed E-state index contributed by atoms with van der Waals surface area (Å²) in [6.07, 6.45) is -0.322. The van der Waals surface area contributed by atoms with Crippen LogP contribution in [-0.2, 0) is 23.9 Å². The van der Waals surface area contributed by atoms with Gasteiger partial charge in [0, 0.05) is 28.7 Å². The molecule has 1 heterocycles. The third kappa shape index (κ3) is 7.12. The van der Waals surface area contributed by atoms with Gasteiger partial charge in [-0.2, -0.15) is 0 Å². The molecule has 0 spiro atoms. The number of amides is 3. The lowest BCUT2D eigenvalue weighted by atomic mass is 10.1. The highest BCUT2D eigenvalue weighted by Crippen LogP contribution is 2.26. The Morgan fingerprint density at radius 2 is 1.63 bits per heavy atom. The summed E-state index contributed by atoms with van der Waals surface area (Å²) in [5.74, 6) is -3.46. The molecule has 11 heteroatoms. The predicted molar refractivity (Wildman–Crippen MR) is 128 cm³/mol. The maximum absolute atomic E-state index is 12.4. The molecule has 2 aromatic carbocycles. The minimum Gasteiger partial charge on any atom is -0.459 e. The van der Waals surface area contributed by atoms with Gasteiger partial charge in [0.05, 0.1) is 17.6 Å². The molecule has 1 saturated heterocycles. The lowest BCUT2D eigenvalue weighted by molar-refractivity contribution is -0.152. The number of carbonyl (C=O) groups excluding carboxylic acids is 5. The smallest absolute Gasteiger partial charge is 0.338 e. The van der Waals surface area contributed by atoms with E-state index in [4.69, 9.17) is 9.47 Å². The number of benzene rings is 2. The molecule has 2 aromatic rings. The molecule has 1 aliphatic heterocycles. The lowest BCUT2D eigenvalue weighted by Gasteiger charge is -2.17. The van der Waals surface area contributed by atoms with Crippen molar-refractivity contribution < 1.29 is 33.4 Å². The molecule has 2 N–H and O–H groups in total. The zero-order valence-corrected chi connectivity index (χ0v) is 20.7. The lowest BCUT2D eigenvalue weighted by Crippen LogP contribution is -2.43. The summed E-state index contributed by atoms with van der Waals surface area (Å²) in [7, 11) is 0. The minimum absolute atomic E-state index is 0.0715. The van der Waals surface area contributed by atoms with Crippen molar-refractivity contribution in [1.82, 2.24) is 10.9 Å². The van der Waals surface area contributed by atoms with E-state index < -0.39 is 36.3 Å². The first kappa shape index (κ1) is 25.9. The van der Waals surface area contributed by atoms with Gasteiger partial charge in [0.1, 0.15) is 0 Å². The molecule has 3 rings (SSSR count). The van der Waals surface area contributed by atoms with Crippen molar-refractivity contribution in [2.24, 2.45) is 5.92 Å². The van der Waals surface area contributed by atoms with E-state index in [0.717, 1.165) is 4.47 Å². The third-order valence-electron chi connectivity index (χ3n) is 4.98. The molecule has 0 radical (unpaired) electrons. The van der Waals surface area contributed by atoms with Crippen molar-refractivity contribution in [1.29, 1.82) is 0 Å². The highest BCUT2D eigenvalue weighted by atomic mass is 79.9. The largest absolute Gasteiger partial charge is 0.459 e. The second-order valence-corrected chi connectivity index (χ2v) is 8.94. The van der Waals surface area contributed by atoms with E-state index in [-0.39, 0.29) is 25.0 Å². The van der Waals surface area contributed by atoms with Crippen LogP contribution in [-0.4, -0.2) is 48.9 Å². The van der Waals surface area contributed by atoms with Crippen LogP contribution in [0.4, 0.5) is 5.69 Å². The molecule has 0 saturated carbocycles. The van der Waals surface area contributed by atoms with E-state index in [1.807, 2.05) is 0 Å². The first-order valence-corrected chi connectivity index (χ1v) is 11.6. The standard InChI is InChI=1S/C24H24BrN3O7/c1-14(2)35-24(33)16-5-9-19(10-6-16)28-12-17(11-21(28)30)23(32)34-13-20(29)26-27-22(31)15-3-7-18(25)8-4-15/h3-10,14,17H,11-13H2,1-2H3,(H,26,29)(H,27,31)/t17-/m0/s1. The Balaban J connectivity index is 1.46. The number of esters is 2. The second-order valence-electron chi connectivity index (χ2n) is 8.02. The Morgan fingerprint density at radius 3 is 2.26 bits per heavy atom. The van der Waals surface area contributed by atoms with Gasteiger partial charge in [-0.1, -0.05) is 15.9 Å². The highest BCUT2D eigenvalue weighted by molar-refractivity contribution is 9.10. The van der Waals surface area contributed by atoms with E-state index in [2.05, 4.69) is 26.8 Å². The maximum Gasteiger partial charge on any atom is 0.338 e. The van der Waals surface area contributed by atoms with Crippen molar-refractivity contribution in [2.45, 2.75) is 26.4 Å². The van der Waals surface area contributed by atoms with Crippen LogP contribution in [0.1, 0.15) is 41.0 Å². The van der Waals surface area contributed by atoms with E-state index in [0.29, 0.717) is 16.8 Å². The molecule has 1 atom stereocenters. The van der Waals surface area contributed by atoms with Crippen LogP contribution in [0.5, 0.6) is 0 Å². The summed E-state index contributed by atoms with van der Waals surface area (Å²) in [6, 6.07) is 12.8. The van der Waals surface area contributed by atoms with Gasteiger partial charge >= 0.3 is 11.9 Å². The molecular weight excluding hydrogens is 522 g/mol. The van der Waals surface area contributed by atoms with Crippen molar-refractivity contribution in [3.63, 3.8) is 0 Å². The van der Waals surface area contributed by atoms with Crippen molar-refractivity contribution in [3.8, 4) is 0 Å². The van der Waals surface area contributed by atoms with Gasteiger partial charge in [-0.05, 0) is 62.4 Å². The van der Waals surface area contributed by atoms with Crippen LogP contribution in [0.15, 0.2) is 53.0 Å². The summed E-state index contributed by atoms with van der Waals surface area (Å²) < 4.78 is 11.0. The average Bonchev–Trinajstić information content (AvgIpc) is 3.22. The minimum atomic E-state index is -0.752. The monoisotopic (exact) mass is 545 g/mol. The zero-order valence-electron chi connectivity index (χ0n) is 19.1. The van der Waals surface area contributed by atoms with Crippen LogP contribution in [0, 0.1) is 5.92 Å². The third-order valence-corrected chi connectivity index (χ3v) is 5.51. The number of halogens is 1. The number of nitrogens with one attached hydrogen (secondary N) is 2. The molecule has 0 aromatic heterocycles. The van der Waals surface area contributed by atoms with Crippen LogP contribution in [0.25, 0.3) is 0 Å². The van der Waals surface area contributed by atoms with Gasteiger partial charge < -0.3 is 14.4 Å². The Bertz CT molecular complexity index is 1120. The van der Waals surface area contributed by atoms with Gasteiger partial charge in [0.15, 0.2) is 6.61 Å². The molecule has 10 nitrogen and oxygen atoms in total. The fourth-order valence-corrected chi connectivity index (χ4v) is 3.53. The fourth-order valence-electron chi connectivity index (χ4n) is 3.27. The Kier molecular flexibility index (Phi) is 8.58. The fraction of sp³-hybridized carbons (Fsp3) is 0.292. The zero-order chi connectivity index (χ0) is 25.5. The number of anilines is 1. The van der Waals surface area contributed by atoms with Gasteiger partial charge in [-0.15, -0.1) is 0 Å². The highest BCUT2D eigenvalue weighted by Gasteiger charge is 2.36. The van der Waals surface area contributed by atoms with Crippen molar-refractivity contribution in [3.05, 3.63) is 64.1 Å². The molecule has 1 fully saturated rings. The number of carbonyl (C=O) groups is 5. The number of hydrogen-bond acceptors (Lipinski definition) is 7. The Hall–Kier alpha value is -3.73. The molecule has 1 aliphatic rings. The van der Waals surface area contributed by atoms with Crippen molar-refractivity contribution >= 4 is 51.3 Å². The van der Waals surface area contributed by atoms with E-state index in [1.54, 1.807) is 62.4 Å². The first-order chi connectivity index (χ1) is 16.6. The summed E-state index contributed by atoms with van der Waals surface area (Å²) in [6.45, 7) is 2.96. The van der Waals surface area contributed by atoms with Gasteiger partial charge in [0.25, 0.3) is 11.8 Å². The van der Waals surface area contributed by atoms with Crippen LogP contribution >= 0.6 is 15.9 Å². The summed E-state index contributed by atoms with van der Waals surface area (Å²) >= 11 is 3.26. The van der Waals surface area contributed by atoms with Gasteiger partial charge in [-0.25, -0.2) is 4.79 Å². The summed E-state index contributed by atoms with van der Waals surface area (Å²) in [5, 5.41) is 0. The number of rotatable bonds is 7. The molecule has 184 valence electrons. The van der Waals surface area contributed by atoms with Gasteiger partial charge in [0.2, 0.25) is 5.91 Å². The quantitative estimate of drug-likeness (QED) is 0.403. The van der Waals surface area contributed by atoms with E-state index >= 15 is 0 Å². The molecule has 3 amide bonds. The number of nitrogens with zero attached hydrogens (tertiary/aromatic N) is 1. The Labute approximate surface area is 210 Å². The molecule has 0 bridgehead atoms. The van der Waals surface area contributed by atoms with Crippen LogP contribution < -0.4 is 15.8 Å². The molecular formula is C24H24BrN3O7. The molecule has 0 unspecified atom stereocenters. The molecule has 35 heavy (non-hydrogen) atoms.